The van der Waals surface area contributed by atoms with E-state index in [2.05, 4.69) is 52.7 Å². The van der Waals surface area contributed by atoms with Crippen molar-refractivity contribution in [3.63, 3.8) is 0 Å². The molecule has 84 valence electrons. The Morgan fingerprint density at radius 1 is 0.824 bits per heavy atom. The van der Waals surface area contributed by atoms with Gasteiger partial charge in [-0.15, -0.1) is 22.4 Å². The first kappa shape index (κ1) is 12.2. The summed E-state index contributed by atoms with van der Waals surface area (Å²) in [7, 11) is 0. The molecule has 0 aromatic heterocycles. The quantitative estimate of drug-likeness (QED) is 0.520. The van der Waals surface area contributed by atoms with Gasteiger partial charge in [-0.25, -0.2) is 0 Å². The van der Waals surface area contributed by atoms with E-state index >= 15 is 0 Å². The van der Waals surface area contributed by atoms with Gasteiger partial charge in [0.15, 0.2) is 0 Å². The Morgan fingerprint density at radius 3 is 1.76 bits per heavy atom. The van der Waals surface area contributed by atoms with Crippen molar-refractivity contribution >= 4 is 45.1 Å². The maximum absolute atomic E-state index is 9.17. The SMILES string of the molecule is Oc1ccc(/C=C/c2ccc(BI)cc2)cc1. The molecule has 0 amide bonds. The minimum atomic E-state index is 0.300. The summed E-state index contributed by atoms with van der Waals surface area (Å²) in [4.78, 5) is 0. The highest BCUT2D eigenvalue weighted by Gasteiger charge is 1.92. The molecular weight excluding hydrogens is 322 g/mol. The van der Waals surface area contributed by atoms with E-state index in [1.54, 1.807) is 12.1 Å². The first-order valence-electron chi connectivity index (χ1n) is 5.40. The third-order valence-electron chi connectivity index (χ3n) is 2.50. The highest BCUT2D eigenvalue weighted by atomic mass is 127. The van der Waals surface area contributed by atoms with Gasteiger partial charge in [-0.1, -0.05) is 54.0 Å². The number of hydrogen-bond donors (Lipinski definition) is 1. The molecule has 2 aromatic rings. The van der Waals surface area contributed by atoms with Crippen molar-refractivity contribution in [2.45, 2.75) is 0 Å². The van der Waals surface area contributed by atoms with Crippen LogP contribution in [0.1, 0.15) is 11.1 Å². The van der Waals surface area contributed by atoms with E-state index in [9.17, 15) is 5.11 Å². The van der Waals surface area contributed by atoms with Crippen LogP contribution in [0.25, 0.3) is 12.2 Å². The van der Waals surface area contributed by atoms with Crippen molar-refractivity contribution in [1.29, 1.82) is 0 Å². The van der Waals surface area contributed by atoms with Crippen LogP contribution in [-0.2, 0) is 0 Å². The Kier molecular flexibility index (Phi) is 4.26. The molecule has 0 aliphatic carbocycles. The standard InChI is InChI=1S/C14H12BIO/c16-15-13-7-3-11(4-8-13)1-2-12-5-9-14(17)10-6-12/h1-10,15,17H/b2-1+. The molecule has 3 heteroatoms. The van der Waals surface area contributed by atoms with Gasteiger partial charge in [-0.2, -0.15) is 0 Å². The molecule has 0 spiro atoms. The van der Waals surface area contributed by atoms with Crippen molar-refractivity contribution in [3.8, 4) is 5.75 Å². The van der Waals surface area contributed by atoms with Gasteiger partial charge in [0.1, 0.15) is 5.75 Å². The Labute approximate surface area is 115 Å². The van der Waals surface area contributed by atoms with E-state index < -0.39 is 0 Å². The van der Waals surface area contributed by atoms with Crippen LogP contribution in [-0.4, -0.2) is 10.2 Å². The molecule has 2 rings (SSSR count). The fourth-order valence-corrected chi connectivity index (χ4v) is 2.00. The van der Waals surface area contributed by atoms with E-state index in [1.165, 1.54) is 11.0 Å². The van der Waals surface area contributed by atoms with E-state index in [0.29, 0.717) is 5.75 Å². The van der Waals surface area contributed by atoms with Crippen LogP contribution in [0, 0.1) is 0 Å². The number of rotatable bonds is 3. The maximum Gasteiger partial charge on any atom is 0.232 e. The molecule has 2 aromatic carbocycles. The van der Waals surface area contributed by atoms with E-state index in [4.69, 9.17) is 0 Å². The van der Waals surface area contributed by atoms with Gasteiger partial charge in [0.05, 0.1) is 0 Å². The number of aromatic hydroxyl groups is 1. The van der Waals surface area contributed by atoms with E-state index in [1.807, 2.05) is 18.2 Å². The third kappa shape index (κ3) is 3.63. The number of benzene rings is 2. The Morgan fingerprint density at radius 2 is 1.29 bits per heavy atom. The summed E-state index contributed by atoms with van der Waals surface area (Å²) in [6.45, 7) is 0. The number of phenolic OH excluding ortho intramolecular Hbond substituents is 1. The van der Waals surface area contributed by atoms with E-state index in [-0.39, 0.29) is 0 Å². The van der Waals surface area contributed by atoms with Gasteiger partial charge in [-0.05, 0) is 23.3 Å². The van der Waals surface area contributed by atoms with Gasteiger partial charge in [0.25, 0.3) is 0 Å². The Bertz CT molecular complexity index is 503. The Balaban J connectivity index is 2.11. The average molecular weight is 334 g/mol. The summed E-state index contributed by atoms with van der Waals surface area (Å²) in [5, 5.41) is 10.2. The lowest BCUT2D eigenvalue weighted by molar-refractivity contribution is 0.475. The lowest BCUT2D eigenvalue weighted by Gasteiger charge is -1.97. The van der Waals surface area contributed by atoms with Crippen LogP contribution in [0.15, 0.2) is 48.5 Å². The van der Waals surface area contributed by atoms with Gasteiger partial charge in [0, 0.05) is 0 Å². The molecule has 1 N–H and O–H groups in total. The largest absolute Gasteiger partial charge is 0.508 e. The summed E-state index contributed by atoms with van der Waals surface area (Å²) < 4.78 is 0. The second-order valence-corrected chi connectivity index (χ2v) is 4.56. The highest BCUT2D eigenvalue weighted by molar-refractivity contribution is 14.1. The smallest absolute Gasteiger partial charge is 0.232 e. The van der Waals surface area contributed by atoms with Crippen LogP contribution < -0.4 is 5.46 Å². The maximum atomic E-state index is 9.17. The molecule has 1 nitrogen and oxygen atoms in total. The first-order valence-corrected chi connectivity index (χ1v) is 6.92. The summed E-state index contributed by atoms with van der Waals surface area (Å²) in [6, 6.07) is 15.7. The lowest BCUT2D eigenvalue weighted by atomic mass is 9.95. The minimum Gasteiger partial charge on any atom is -0.508 e. The summed E-state index contributed by atoms with van der Waals surface area (Å²) in [5.41, 5.74) is 3.61. The van der Waals surface area contributed by atoms with Crippen molar-refractivity contribution in [2.75, 3.05) is 0 Å². The predicted molar refractivity (Wildman–Crippen MR) is 84.3 cm³/mol. The van der Waals surface area contributed by atoms with Crippen molar-refractivity contribution in [2.24, 2.45) is 0 Å². The molecule has 0 saturated heterocycles. The molecule has 0 aliphatic rings. The van der Waals surface area contributed by atoms with Gasteiger partial charge >= 0.3 is 0 Å². The van der Waals surface area contributed by atoms with E-state index in [0.717, 1.165) is 10.7 Å². The van der Waals surface area contributed by atoms with Gasteiger partial charge in [0.2, 0.25) is 5.14 Å². The van der Waals surface area contributed by atoms with Gasteiger partial charge < -0.3 is 5.11 Å². The first-order chi connectivity index (χ1) is 8.28. The zero-order valence-electron chi connectivity index (χ0n) is 9.31. The molecule has 0 fully saturated rings. The second kappa shape index (κ2) is 5.91. The summed E-state index contributed by atoms with van der Waals surface area (Å²) in [5.74, 6) is 0.300. The normalized spacial score (nSPS) is 10.6. The molecule has 0 saturated carbocycles. The molecule has 0 atom stereocenters. The number of halogens is 1. The fourth-order valence-electron chi connectivity index (χ4n) is 1.50. The molecule has 0 aliphatic heterocycles. The van der Waals surface area contributed by atoms with Crippen LogP contribution in [0.2, 0.25) is 0 Å². The lowest BCUT2D eigenvalue weighted by Crippen LogP contribution is -2.06. The monoisotopic (exact) mass is 334 g/mol. The van der Waals surface area contributed by atoms with Crippen molar-refractivity contribution < 1.29 is 5.11 Å². The molecule has 0 heterocycles. The van der Waals surface area contributed by atoms with Crippen LogP contribution in [0.5, 0.6) is 5.75 Å². The Hall–Kier alpha value is -1.23. The van der Waals surface area contributed by atoms with Crippen LogP contribution in [0.4, 0.5) is 0 Å². The summed E-state index contributed by atoms with van der Waals surface area (Å²) in [6.07, 6.45) is 4.11. The van der Waals surface area contributed by atoms with Gasteiger partial charge in [-0.3, -0.25) is 0 Å². The minimum absolute atomic E-state index is 0.300. The molecule has 17 heavy (non-hydrogen) atoms. The second-order valence-electron chi connectivity index (χ2n) is 3.80. The summed E-state index contributed by atoms with van der Waals surface area (Å²) >= 11 is 2.36. The van der Waals surface area contributed by atoms with Crippen molar-refractivity contribution in [3.05, 3.63) is 59.7 Å². The molecule has 0 bridgehead atoms. The predicted octanol–water partition coefficient (Wildman–Crippen LogP) is 2.97. The highest BCUT2D eigenvalue weighted by Crippen LogP contribution is 2.12. The number of phenols is 1. The molecule has 0 unspecified atom stereocenters. The molecular formula is C14H12BIO. The van der Waals surface area contributed by atoms with Crippen molar-refractivity contribution in [1.82, 2.24) is 0 Å². The topological polar surface area (TPSA) is 20.2 Å². The fraction of sp³-hybridized carbons (Fsp3) is 0. The molecule has 0 radical (unpaired) electrons. The zero-order chi connectivity index (χ0) is 12.1. The number of hydrogen-bond acceptors (Lipinski definition) is 1. The van der Waals surface area contributed by atoms with Crippen LogP contribution in [0.3, 0.4) is 0 Å². The zero-order valence-corrected chi connectivity index (χ0v) is 11.5. The average Bonchev–Trinajstić information content (AvgIpc) is 2.39. The van der Waals surface area contributed by atoms with Crippen LogP contribution >= 0.6 is 22.4 Å². The third-order valence-corrected chi connectivity index (χ3v) is 3.38.